The number of benzene rings is 1. The molecule has 0 N–H and O–H groups in total. The third-order valence-corrected chi connectivity index (χ3v) is 5.88. The van der Waals surface area contributed by atoms with Crippen LogP contribution in [0.5, 0.6) is 0 Å². The maximum atomic E-state index is 12.8. The first kappa shape index (κ1) is 21.3. The Labute approximate surface area is 176 Å². The van der Waals surface area contributed by atoms with Crippen LogP contribution in [-0.2, 0) is 4.79 Å². The predicted molar refractivity (Wildman–Crippen MR) is 118 cm³/mol. The number of hydrogen-bond acceptors (Lipinski definition) is 5. The fourth-order valence-corrected chi connectivity index (χ4v) is 4.33. The fourth-order valence-electron chi connectivity index (χ4n) is 3.22. The molecule has 2 aromatic rings. The van der Waals surface area contributed by atoms with Gasteiger partial charge in [-0.1, -0.05) is 52.0 Å². The van der Waals surface area contributed by atoms with Crippen LogP contribution >= 0.6 is 11.8 Å². The summed E-state index contributed by atoms with van der Waals surface area (Å²) in [6.07, 6.45) is 2.29. The number of nitrogens with zero attached hydrogens (tertiary/aromatic N) is 4. The minimum atomic E-state index is -0.113. The molecule has 29 heavy (non-hydrogen) atoms. The van der Waals surface area contributed by atoms with Crippen molar-refractivity contribution in [1.82, 2.24) is 9.55 Å². The molecule has 2 heterocycles. The van der Waals surface area contributed by atoms with Gasteiger partial charge >= 0.3 is 0 Å². The molecular weight excluding hydrogens is 384 g/mol. The van der Waals surface area contributed by atoms with Crippen LogP contribution in [0, 0.1) is 6.92 Å². The molecular formula is C22H28N4O2S. The summed E-state index contributed by atoms with van der Waals surface area (Å²) in [6.45, 7) is 10.0. The molecule has 1 amide bonds. The smallest absolute Gasteiger partial charge is 0.248 e. The Balaban J connectivity index is 2.07. The number of anilines is 1. The third kappa shape index (κ3) is 4.29. The zero-order chi connectivity index (χ0) is 21.1. The second-order valence-corrected chi connectivity index (χ2v) is 8.48. The normalized spacial score (nSPS) is 13.4. The van der Waals surface area contributed by atoms with E-state index in [9.17, 15) is 9.59 Å². The summed E-state index contributed by atoms with van der Waals surface area (Å²) < 4.78 is 1.63. The number of fused-ring (bicyclic) bond motifs is 1. The van der Waals surface area contributed by atoms with E-state index in [1.807, 2.05) is 26.0 Å². The van der Waals surface area contributed by atoms with Crippen molar-refractivity contribution >= 4 is 34.4 Å². The molecule has 1 aromatic heterocycles. The minimum Gasteiger partial charge on any atom is -0.274 e. The topological polar surface area (TPSA) is 67.6 Å². The molecule has 0 atom stereocenters. The fraction of sp³-hybridized carbons (Fsp3) is 0.455. The number of hydrogen-bond donors (Lipinski definition) is 0. The van der Waals surface area contributed by atoms with Crippen molar-refractivity contribution in [1.29, 1.82) is 0 Å². The standard InChI is InChI=1S/C22H28N4O2S/c1-6-8-18(27)25-15(5)23-20-22(25)29-21(24-26(20)19(28)9-7-2)17-12-10-16(11-13-17)14(3)4/h10-14H,6-9H2,1-5H3. The largest absolute Gasteiger partial charge is 0.274 e. The van der Waals surface area contributed by atoms with E-state index in [0.29, 0.717) is 40.5 Å². The van der Waals surface area contributed by atoms with Crippen LogP contribution in [0.1, 0.15) is 81.0 Å². The van der Waals surface area contributed by atoms with Gasteiger partial charge in [-0.15, -0.1) is 0 Å². The van der Waals surface area contributed by atoms with Gasteiger partial charge in [0.15, 0.2) is 5.82 Å². The summed E-state index contributed by atoms with van der Waals surface area (Å²) in [5.74, 6) is 1.36. The summed E-state index contributed by atoms with van der Waals surface area (Å²) in [7, 11) is 0. The molecule has 0 fully saturated rings. The lowest BCUT2D eigenvalue weighted by atomic mass is 10.0. The summed E-state index contributed by atoms with van der Waals surface area (Å²) in [6, 6.07) is 8.22. The Hall–Kier alpha value is -2.41. The van der Waals surface area contributed by atoms with Crippen LogP contribution in [0.2, 0.25) is 0 Å². The van der Waals surface area contributed by atoms with Gasteiger partial charge in [-0.05, 0) is 43.0 Å². The molecule has 0 bridgehead atoms. The van der Waals surface area contributed by atoms with E-state index < -0.39 is 0 Å². The van der Waals surface area contributed by atoms with Crippen molar-refractivity contribution in [3.8, 4) is 0 Å². The summed E-state index contributed by atoms with van der Waals surface area (Å²) in [5, 5.41) is 7.37. The van der Waals surface area contributed by atoms with Crippen LogP contribution in [0.3, 0.4) is 0 Å². The van der Waals surface area contributed by atoms with Gasteiger partial charge in [-0.3, -0.25) is 14.2 Å². The molecule has 0 aliphatic carbocycles. The highest BCUT2D eigenvalue weighted by Gasteiger charge is 2.32. The highest BCUT2D eigenvalue weighted by atomic mass is 32.2. The van der Waals surface area contributed by atoms with Gasteiger partial charge in [0, 0.05) is 18.4 Å². The second kappa shape index (κ2) is 8.95. The van der Waals surface area contributed by atoms with E-state index in [1.54, 1.807) is 11.5 Å². The van der Waals surface area contributed by atoms with Crippen LogP contribution in [0.25, 0.3) is 0 Å². The quantitative estimate of drug-likeness (QED) is 0.641. The molecule has 0 spiro atoms. The lowest BCUT2D eigenvalue weighted by Crippen LogP contribution is -2.30. The number of amides is 1. The first-order valence-electron chi connectivity index (χ1n) is 10.2. The zero-order valence-corrected chi connectivity index (χ0v) is 18.5. The molecule has 0 unspecified atom stereocenters. The van der Waals surface area contributed by atoms with Crippen LogP contribution in [-0.4, -0.2) is 26.4 Å². The SMILES string of the molecule is CCCC(=O)N1N=C(c2ccc(C(C)C)cc2)Sc2c1nc(C)n2C(=O)CCC. The summed E-state index contributed by atoms with van der Waals surface area (Å²) in [5.41, 5.74) is 2.17. The van der Waals surface area contributed by atoms with E-state index in [0.717, 1.165) is 18.4 Å². The average Bonchev–Trinajstić information content (AvgIpc) is 3.03. The first-order chi connectivity index (χ1) is 13.9. The monoisotopic (exact) mass is 412 g/mol. The van der Waals surface area contributed by atoms with E-state index in [1.165, 1.54) is 22.3 Å². The number of carbonyl (C=O) groups is 2. The highest BCUT2D eigenvalue weighted by Crippen LogP contribution is 2.39. The molecule has 0 saturated heterocycles. The average molecular weight is 413 g/mol. The maximum absolute atomic E-state index is 12.8. The van der Waals surface area contributed by atoms with Gasteiger partial charge in [0.05, 0.1) is 0 Å². The molecule has 6 nitrogen and oxygen atoms in total. The molecule has 1 aromatic carbocycles. The van der Waals surface area contributed by atoms with E-state index in [2.05, 4.69) is 36.1 Å². The Morgan fingerprint density at radius 3 is 2.24 bits per heavy atom. The lowest BCUT2D eigenvalue weighted by molar-refractivity contribution is -0.118. The second-order valence-electron chi connectivity index (χ2n) is 7.51. The zero-order valence-electron chi connectivity index (χ0n) is 17.7. The number of rotatable bonds is 6. The third-order valence-electron chi connectivity index (χ3n) is 4.81. The van der Waals surface area contributed by atoms with Gasteiger partial charge in [-0.25, -0.2) is 4.98 Å². The number of thioether (sulfide) groups is 1. The molecule has 1 aliphatic rings. The first-order valence-corrected chi connectivity index (χ1v) is 11.0. The van der Waals surface area contributed by atoms with Crippen LogP contribution in [0.4, 0.5) is 5.82 Å². The van der Waals surface area contributed by atoms with Gasteiger partial charge in [0.2, 0.25) is 11.8 Å². The van der Waals surface area contributed by atoms with E-state index in [-0.39, 0.29) is 11.8 Å². The number of carbonyl (C=O) groups excluding carboxylic acids is 2. The van der Waals surface area contributed by atoms with E-state index in [4.69, 9.17) is 0 Å². The summed E-state index contributed by atoms with van der Waals surface area (Å²) >= 11 is 1.40. The minimum absolute atomic E-state index is 0.00875. The Morgan fingerprint density at radius 1 is 1.03 bits per heavy atom. The van der Waals surface area contributed by atoms with Crippen LogP contribution < -0.4 is 5.01 Å². The lowest BCUT2D eigenvalue weighted by Gasteiger charge is -2.23. The molecule has 154 valence electrons. The summed E-state index contributed by atoms with van der Waals surface area (Å²) in [4.78, 5) is 30.0. The van der Waals surface area contributed by atoms with Crippen molar-refractivity contribution in [2.45, 2.75) is 71.2 Å². The van der Waals surface area contributed by atoms with Crippen molar-refractivity contribution in [2.75, 3.05) is 5.01 Å². The van der Waals surface area contributed by atoms with Crippen molar-refractivity contribution in [2.24, 2.45) is 5.10 Å². The van der Waals surface area contributed by atoms with Gasteiger partial charge in [0.25, 0.3) is 0 Å². The van der Waals surface area contributed by atoms with Crippen molar-refractivity contribution in [3.63, 3.8) is 0 Å². The Bertz CT molecular complexity index is 944. The van der Waals surface area contributed by atoms with Crippen LogP contribution in [0.15, 0.2) is 34.4 Å². The number of aryl methyl sites for hydroxylation is 1. The van der Waals surface area contributed by atoms with Gasteiger partial charge in [-0.2, -0.15) is 10.1 Å². The Kier molecular flexibility index (Phi) is 6.57. The number of imidazole rings is 1. The molecule has 7 heteroatoms. The highest BCUT2D eigenvalue weighted by molar-refractivity contribution is 8.14. The maximum Gasteiger partial charge on any atom is 0.248 e. The van der Waals surface area contributed by atoms with Gasteiger partial charge < -0.3 is 0 Å². The Morgan fingerprint density at radius 2 is 1.66 bits per heavy atom. The molecule has 0 radical (unpaired) electrons. The van der Waals surface area contributed by atoms with E-state index >= 15 is 0 Å². The molecule has 0 saturated carbocycles. The number of aromatic nitrogens is 2. The van der Waals surface area contributed by atoms with Gasteiger partial charge in [0.1, 0.15) is 15.9 Å². The predicted octanol–water partition coefficient (Wildman–Crippen LogP) is 5.36. The molecule has 1 aliphatic heterocycles. The van der Waals surface area contributed by atoms with Crippen molar-refractivity contribution < 1.29 is 9.59 Å². The number of hydrazone groups is 1. The molecule has 3 rings (SSSR count). The van der Waals surface area contributed by atoms with Crippen molar-refractivity contribution in [3.05, 3.63) is 41.2 Å².